The monoisotopic (exact) mass is 505 g/mol. The molecule has 0 spiro atoms. The second-order valence-electron chi connectivity index (χ2n) is 8.16. The summed E-state index contributed by atoms with van der Waals surface area (Å²) < 4.78 is 111. The van der Waals surface area contributed by atoms with Crippen LogP contribution in [0.3, 0.4) is 0 Å². The normalized spacial score (nSPS) is 17.0. The van der Waals surface area contributed by atoms with Gasteiger partial charge in [0, 0.05) is 35.0 Å². The molecule has 0 saturated heterocycles. The largest absolute Gasteiger partial charge is 0.480 e. The molecule has 0 radical (unpaired) electrons. The van der Waals surface area contributed by atoms with Gasteiger partial charge in [0.05, 0.1) is 16.2 Å². The maximum Gasteiger partial charge on any atom is 0.416 e. The second kappa shape index (κ2) is 7.76. The second-order valence-corrected chi connectivity index (χ2v) is 10.2. The molecule has 0 aliphatic carbocycles. The number of benzene rings is 2. The molecule has 1 aromatic heterocycles. The zero-order valence-electron chi connectivity index (χ0n) is 17.5. The molecule has 34 heavy (non-hydrogen) atoms. The number of carboxylic acids is 1. The molecule has 0 fully saturated rings. The Kier molecular flexibility index (Phi) is 5.50. The molecule has 182 valence electrons. The summed E-state index contributed by atoms with van der Waals surface area (Å²) in [4.78, 5) is 10.2. The van der Waals surface area contributed by atoms with Crippen LogP contribution in [0.4, 0.5) is 26.3 Å². The Hall–Kier alpha value is -3.02. The number of alkyl halides is 5. The van der Waals surface area contributed by atoms with E-state index < -0.39 is 80.4 Å². The third-order valence-corrected chi connectivity index (χ3v) is 7.75. The molecule has 0 bridgehead atoms. The Morgan fingerprint density at radius 3 is 2.47 bits per heavy atom. The first-order chi connectivity index (χ1) is 15.6. The van der Waals surface area contributed by atoms with Gasteiger partial charge >= 0.3 is 12.1 Å². The maximum absolute atomic E-state index is 14.6. The SMILES string of the molecule is Cc1c(Cc2cc3c(cc2C(F)(F)F)S(=O)(=O)CCC3(F)F)c2cc(F)ccc2n1CC(=O)O. The molecule has 3 aromatic rings. The smallest absolute Gasteiger partial charge is 0.416 e. The van der Waals surface area contributed by atoms with Crippen molar-refractivity contribution in [3.05, 3.63) is 64.1 Å². The van der Waals surface area contributed by atoms with Gasteiger partial charge in [0.2, 0.25) is 0 Å². The van der Waals surface area contributed by atoms with Crippen LogP contribution in [-0.4, -0.2) is 29.8 Å². The first-order valence-corrected chi connectivity index (χ1v) is 11.6. The van der Waals surface area contributed by atoms with Crippen LogP contribution in [-0.2, 0) is 39.7 Å². The molecule has 0 saturated carbocycles. The lowest BCUT2D eigenvalue weighted by Crippen LogP contribution is -2.29. The summed E-state index contributed by atoms with van der Waals surface area (Å²) in [5.41, 5.74) is -2.46. The zero-order chi connectivity index (χ0) is 25.2. The number of halogens is 6. The Bertz CT molecular complexity index is 1440. The highest BCUT2D eigenvalue weighted by atomic mass is 32.2. The van der Waals surface area contributed by atoms with Gasteiger partial charge in [-0.3, -0.25) is 4.79 Å². The van der Waals surface area contributed by atoms with Crippen molar-refractivity contribution in [3.8, 4) is 0 Å². The molecule has 2 heterocycles. The molecule has 1 aliphatic heterocycles. The van der Waals surface area contributed by atoms with E-state index in [1.54, 1.807) is 0 Å². The zero-order valence-corrected chi connectivity index (χ0v) is 18.3. The predicted octanol–water partition coefficient (Wildman–Crippen LogP) is 5.05. The Morgan fingerprint density at radius 2 is 1.85 bits per heavy atom. The highest BCUT2D eigenvalue weighted by Gasteiger charge is 2.46. The van der Waals surface area contributed by atoms with Crippen molar-refractivity contribution in [1.29, 1.82) is 0 Å². The third-order valence-electron chi connectivity index (χ3n) is 6.00. The highest BCUT2D eigenvalue weighted by Crippen LogP contribution is 2.45. The molecule has 0 atom stereocenters. The van der Waals surface area contributed by atoms with Crippen LogP contribution in [0.1, 0.15) is 34.4 Å². The average molecular weight is 505 g/mol. The topological polar surface area (TPSA) is 76.4 Å². The quantitative estimate of drug-likeness (QED) is 0.504. The highest BCUT2D eigenvalue weighted by molar-refractivity contribution is 7.91. The van der Waals surface area contributed by atoms with Crippen molar-refractivity contribution in [2.45, 2.75) is 43.3 Å². The molecular formula is C22H17F6NO4S. The van der Waals surface area contributed by atoms with E-state index in [2.05, 4.69) is 0 Å². The van der Waals surface area contributed by atoms with Crippen LogP contribution in [0.2, 0.25) is 0 Å². The van der Waals surface area contributed by atoms with Crippen LogP contribution >= 0.6 is 0 Å². The van der Waals surface area contributed by atoms with Gasteiger partial charge in [-0.1, -0.05) is 0 Å². The van der Waals surface area contributed by atoms with E-state index in [9.17, 15) is 44.7 Å². The molecule has 0 amide bonds. The van der Waals surface area contributed by atoms with Gasteiger partial charge in [0.25, 0.3) is 5.92 Å². The van der Waals surface area contributed by atoms with Crippen LogP contribution in [0, 0.1) is 12.7 Å². The van der Waals surface area contributed by atoms with E-state index in [1.807, 2.05) is 0 Å². The molecule has 1 aliphatic rings. The molecule has 1 N–H and O–H groups in total. The minimum atomic E-state index is -5.06. The lowest BCUT2D eigenvalue weighted by atomic mass is 9.93. The maximum atomic E-state index is 14.6. The number of hydrogen-bond donors (Lipinski definition) is 1. The fourth-order valence-electron chi connectivity index (χ4n) is 4.36. The number of fused-ring (bicyclic) bond motifs is 2. The van der Waals surface area contributed by atoms with Gasteiger partial charge in [-0.25, -0.2) is 21.6 Å². The molecule has 2 aromatic carbocycles. The number of carbonyl (C=O) groups is 1. The van der Waals surface area contributed by atoms with E-state index in [-0.39, 0.29) is 28.2 Å². The summed E-state index contributed by atoms with van der Waals surface area (Å²) in [6.07, 6.45) is -6.73. The number of sulfone groups is 1. The summed E-state index contributed by atoms with van der Waals surface area (Å²) in [7, 11) is -4.34. The van der Waals surface area contributed by atoms with Gasteiger partial charge in [-0.05, 0) is 48.4 Å². The van der Waals surface area contributed by atoms with Crippen molar-refractivity contribution in [3.63, 3.8) is 0 Å². The molecular weight excluding hydrogens is 488 g/mol. The summed E-state index contributed by atoms with van der Waals surface area (Å²) in [5, 5.41) is 9.34. The molecule has 0 unspecified atom stereocenters. The minimum absolute atomic E-state index is 0.114. The summed E-state index contributed by atoms with van der Waals surface area (Å²) in [6, 6.07) is 4.16. The van der Waals surface area contributed by atoms with E-state index in [1.165, 1.54) is 17.6 Å². The number of aliphatic carboxylic acids is 1. The van der Waals surface area contributed by atoms with Gasteiger partial charge in [-0.2, -0.15) is 13.2 Å². The lowest BCUT2D eigenvalue weighted by molar-refractivity contribution is -0.139. The average Bonchev–Trinajstić information content (AvgIpc) is 2.95. The third kappa shape index (κ3) is 4.04. The summed E-state index contributed by atoms with van der Waals surface area (Å²) in [6.45, 7) is 0.876. The van der Waals surface area contributed by atoms with Gasteiger partial charge in [0.15, 0.2) is 9.84 Å². The van der Waals surface area contributed by atoms with Crippen LogP contribution in [0.5, 0.6) is 0 Å². The number of aromatic nitrogens is 1. The standard InChI is InChI=1S/C22H17F6NO4S/c1-11-14(15-8-13(23)2-3-18(15)29(11)10-20(30)31)6-12-7-17-19(9-16(12)22(26,27)28)34(32,33)5-4-21(17,24)25/h2-3,7-9H,4-6,10H2,1H3,(H,30,31). The first-order valence-electron chi connectivity index (χ1n) is 9.96. The van der Waals surface area contributed by atoms with E-state index in [0.29, 0.717) is 6.07 Å². The van der Waals surface area contributed by atoms with Crippen LogP contribution < -0.4 is 0 Å². The van der Waals surface area contributed by atoms with Crippen molar-refractivity contribution in [2.24, 2.45) is 0 Å². The fourth-order valence-corrected chi connectivity index (χ4v) is 5.95. The molecule has 4 rings (SSSR count). The lowest BCUT2D eigenvalue weighted by Gasteiger charge is -2.27. The van der Waals surface area contributed by atoms with Crippen molar-refractivity contribution in [2.75, 3.05) is 5.75 Å². The van der Waals surface area contributed by atoms with E-state index in [4.69, 9.17) is 0 Å². The van der Waals surface area contributed by atoms with E-state index >= 15 is 0 Å². The minimum Gasteiger partial charge on any atom is -0.480 e. The Labute approximate surface area is 189 Å². The number of nitrogens with zero attached hydrogens (tertiary/aromatic N) is 1. The summed E-state index contributed by atoms with van der Waals surface area (Å²) >= 11 is 0. The van der Waals surface area contributed by atoms with Gasteiger partial charge < -0.3 is 9.67 Å². The van der Waals surface area contributed by atoms with Crippen molar-refractivity contribution >= 4 is 26.7 Å². The number of carboxylic acid groups (broad SMARTS) is 1. The van der Waals surface area contributed by atoms with Gasteiger partial charge in [0.1, 0.15) is 12.4 Å². The van der Waals surface area contributed by atoms with Crippen LogP contribution in [0.25, 0.3) is 10.9 Å². The number of rotatable bonds is 4. The van der Waals surface area contributed by atoms with Crippen LogP contribution in [0.15, 0.2) is 35.2 Å². The summed E-state index contributed by atoms with van der Waals surface area (Å²) in [5.74, 6) is -6.60. The predicted molar refractivity (Wildman–Crippen MR) is 109 cm³/mol. The fraction of sp³-hybridized carbons (Fsp3) is 0.318. The van der Waals surface area contributed by atoms with Crippen molar-refractivity contribution < 1.29 is 44.7 Å². The Balaban J connectivity index is 1.99. The molecule has 5 nitrogen and oxygen atoms in total. The van der Waals surface area contributed by atoms with E-state index in [0.717, 1.165) is 12.1 Å². The Morgan fingerprint density at radius 1 is 1.18 bits per heavy atom. The van der Waals surface area contributed by atoms with Gasteiger partial charge in [-0.15, -0.1) is 0 Å². The number of hydrogen-bond acceptors (Lipinski definition) is 3. The molecule has 12 heteroatoms. The van der Waals surface area contributed by atoms with Crippen molar-refractivity contribution in [1.82, 2.24) is 4.57 Å². The first kappa shape index (κ1) is 24.1.